The second kappa shape index (κ2) is 9.17. The highest BCUT2D eigenvalue weighted by molar-refractivity contribution is 6.01. The second-order valence-corrected chi connectivity index (χ2v) is 9.77. The molecular formula is C25H30N4O4. The molecule has 3 aromatic rings. The number of aliphatic imine (C=N–C) groups is 1. The number of nitrogens with two attached hydrogens (primary N) is 1. The predicted molar refractivity (Wildman–Crippen MR) is 128 cm³/mol. The second-order valence-electron chi connectivity index (χ2n) is 9.77. The summed E-state index contributed by atoms with van der Waals surface area (Å²) in [7, 11) is 0. The fraction of sp³-hybridized carbons (Fsp3) is 0.400. The molecule has 8 nitrogen and oxygen atoms in total. The van der Waals surface area contributed by atoms with Crippen LogP contribution < -0.4 is 5.73 Å². The van der Waals surface area contributed by atoms with E-state index in [1.807, 2.05) is 51.1 Å². The molecule has 1 atom stereocenters. The first-order valence-electron chi connectivity index (χ1n) is 10.7. The molecule has 0 bridgehead atoms. The predicted octanol–water partition coefficient (Wildman–Crippen LogP) is 5.26. The van der Waals surface area contributed by atoms with Crippen LogP contribution in [-0.2, 0) is 14.3 Å². The Kier molecular flexibility index (Phi) is 6.72. The van der Waals surface area contributed by atoms with Gasteiger partial charge < -0.3 is 15.2 Å². The van der Waals surface area contributed by atoms with Crippen molar-refractivity contribution in [1.82, 2.24) is 9.78 Å². The van der Waals surface area contributed by atoms with Crippen molar-refractivity contribution < 1.29 is 19.1 Å². The molecule has 8 heteroatoms. The standard InChI is InChI=1S/C25H30N4O4/c1-24(2,3)32-21(14-27-15-30)17-9-7-16(8-10-17)18-11-12-20-19(22(18)26)13-28-29(20)23(31)33-25(4,5)6/h7-13,21H,14,26H2,1-6H3. The number of anilines is 1. The van der Waals surface area contributed by atoms with Gasteiger partial charge in [-0.3, -0.25) is 0 Å². The largest absolute Gasteiger partial charge is 0.442 e. The first-order chi connectivity index (χ1) is 15.4. The third kappa shape index (κ3) is 5.86. The molecule has 0 aliphatic heterocycles. The average Bonchev–Trinajstić information content (AvgIpc) is 3.15. The van der Waals surface area contributed by atoms with Gasteiger partial charge in [0, 0.05) is 10.9 Å². The number of hydrogen-bond donors (Lipinski definition) is 1. The Bertz CT molecular complexity index is 1190. The number of fused-ring (bicyclic) bond motifs is 1. The first kappa shape index (κ1) is 24.2. The molecule has 3 rings (SSSR count). The van der Waals surface area contributed by atoms with E-state index in [1.165, 1.54) is 4.68 Å². The van der Waals surface area contributed by atoms with E-state index < -0.39 is 17.3 Å². The highest BCUT2D eigenvalue weighted by atomic mass is 16.6. The lowest BCUT2D eigenvalue weighted by Crippen LogP contribution is -2.27. The van der Waals surface area contributed by atoms with Gasteiger partial charge >= 0.3 is 6.09 Å². The van der Waals surface area contributed by atoms with Gasteiger partial charge in [0.2, 0.25) is 6.08 Å². The number of benzene rings is 2. The number of ether oxygens (including phenoxy) is 2. The van der Waals surface area contributed by atoms with Crippen molar-refractivity contribution in [1.29, 1.82) is 0 Å². The van der Waals surface area contributed by atoms with Crippen LogP contribution in [0.5, 0.6) is 0 Å². The van der Waals surface area contributed by atoms with Gasteiger partial charge in [0.15, 0.2) is 0 Å². The van der Waals surface area contributed by atoms with Crippen molar-refractivity contribution in [3.05, 3.63) is 48.2 Å². The highest BCUT2D eigenvalue weighted by Gasteiger charge is 2.22. The number of rotatable bonds is 5. The maximum Gasteiger partial charge on any atom is 0.435 e. The number of isocyanates is 1. The molecule has 0 aliphatic carbocycles. The number of aromatic nitrogens is 2. The Hall–Kier alpha value is -3.48. The quantitative estimate of drug-likeness (QED) is 0.323. The van der Waals surface area contributed by atoms with Crippen molar-refractivity contribution in [2.24, 2.45) is 4.99 Å². The number of carbonyl (C=O) groups is 1. The van der Waals surface area contributed by atoms with E-state index in [2.05, 4.69) is 10.1 Å². The van der Waals surface area contributed by atoms with E-state index in [1.54, 1.807) is 39.1 Å². The Morgan fingerprint density at radius 2 is 1.76 bits per heavy atom. The van der Waals surface area contributed by atoms with Gasteiger partial charge in [-0.1, -0.05) is 30.3 Å². The summed E-state index contributed by atoms with van der Waals surface area (Å²) in [5.41, 5.74) is 9.13. The van der Waals surface area contributed by atoms with Crippen molar-refractivity contribution in [2.45, 2.75) is 58.8 Å². The van der Waals surface area contributed by atoms with Crippen molar-refractivity contribution in [3.63, 3.8) is 0 Å². The van der Waals surface area contributed by atoms with E-state index in [0.29, 0.717) is 16.6 Å². The van der Waals surface area contributed by atoms with Gasteiger partial charge in [-0.2, -0.15) is 9.78 Å². The van der Waals surface area contributed by atoms with Gasteiger partial charge in [-0.15, -0.1) is 0 Å². The zero-order chi connectivity index (χ0) is 24.4. The number of nitrogen functional groups attached to an aromatic ring is 1. The van der Waals surface area contributed by atoms with Crippen molar-refractivity contribution in [3.8, 4) is 11.1 Å². The summed E-state index contributed by atoms with van der Waals surface area (Å²) in [6.07, 6.45) is 2.22. The minimum atomic E-state index is -0.631. The molecule has 2 aromatic carbocycles. The summed E-state index contributed by atoms with van der Waals surface area (Å²) >= 11 is 0. The zero-order valence-electron chi connectivity index (χ0n) is 19.9. The Morgan fingerprint density at radius 3 is 2.33 bits per heavy atom. The monoisotopic (exact) mass is 450 g/mol. The number of hydrogen-bond acceptors (Lipinski definition) is 7. The van der Waals surface area contributed by atoms with E-state index >= 15 is 0 Å². The van der Waals surface area contributed by atoms with Crippen LogP contribution in [-0.4, -0.2) is 39.7 Å². The molecule has 0 aliphatic rings. The van der Waals surface area contributed by atoms with Gasteiger partial charge in [-0.05, 0) is 58.7 Å². The van der Waals surface area contributed by atoms with Crippen molar-refractivity contribution in [2.75, 3.05) is 12.3 Å². The van der Waals surface area contributed by atoms with Gasteiger partial charge in [-0.25, -0.2) is 14.6 Å². The maximum atomic E-state index is 12.5. The van der Waals surface area contributed by atoms with Crippen LogP contribution in [0.4, 0.5) is 10.5 Å². The molecule has 174 valence electrons. The molecule has 1 aromatic heterocycles. The smallest absolute Gasteiger partial charge is 0.435 e. The molecule has 2 N–H and O–H groups in total. The van der Waals surface area contributed by atoms with Gasteiger partial charge in [0.05, 0.1) is 29.5 Å². The third-order valence-electron chi connectivity index (χ3n) is 4.77. The fourth-order valence-electron chi connectivity index (χ4n) is 3.46. The average molecular weight is 451 g/mol. The molecule has 0 fully saturated rings. The maximum absolute atomic E-state index is 12.5. The Labute approximate surface area is 193 Å². The summed E-state index contributed by atoms with van der Waals surface area (Å²) in [5.74, 6) is 0. The van der Waals surface area contributed by atoms with Gasteiger partial charge in [0.1, 0.15) is 11.7 Å². The van der Waals surface area contributed by atoms with Gasteiger partial charge in [0.25, 0.3) is 0 Å². The van der Waals surface area contributed by atoms with Crippen LogP contribution in [0, 0.1) is 0 Å². The van der Waals surface area contributed by atoms with Crippen LogP contribution in [0.3, 0.4) is 0 Å². The molecule has 1 unspecified atom stereocenters. The lowest BCUT2D eigenvalue weighted by Gasteiger charge is -2.26. The SMILES string of the molecule is CC(C)(C)OC(=O)n1ncc2c(N)c(-c3ccc(C(CN=C=O)OC(C)(C)C)cc3)ccc21. The summed E-state index contributed by atoms with van der Waals surface area (Å²) in [5, 5.41) is 4.84. The summed E-state index contributed by atoms with van der Waals surface area (Å²) in [6, 6.07) is 11.4. The van der Waals surface area contributed by atoms with E-state index in [0.717, 1.165) is 16.7 Å². The van der Waals surface area contributed by atoms with E-state index in [9.17, 15) is 9.59 Å². The molecular weight excluding hydrogens is 420 g/mol. The number of carbonyl (C=O) groups excluding carboxylic acids is 2. The molecule has 33 heavy (non-hydrogen) atoms. The number of nitrogens with zero attached hydrogens (tertiary/aromatic N) is 3. The molecule has 1 heterocycles. The minimum Gasteiger partial charge on any atom is -0.442 e. The lowest BCUT2D eigenvalue weighted by molar-refractivity contribution is -0.0570. The van der Waals surface area contributed by atoms with Crippen LogP contribution >= 0.6 is 0 Å². The van der Waals surface area contributed by atoms with Crippen LogP contribution in [0.1, 0.15) is 53.2 Å². The molecule has 0 radical (unpaired) electrons. The first-order valence-corrected chi connectivity index (χ1v) is 10.7. The van der Waals surface area contributed by atoms with Crippen LogP contribution in [0.2, 0.25) is 0 Å². The van der Waals surface area contributed by atoms with E-state index in [-0.39, 0.29) is 12.6 Å². The summed E-state index contributed by atoms with van der Waals surface area (Å²) in [6.45, 7) is 11.4. The fourth-order valence-corrected chi connectivity index (χ4v) is 3.46. The third-order valence-corrected chi connectivity index (χ3v) is 4.77. The Morgan fingerprint density at radius 1 is 1.09 bits per heavy atom. The molecule has 0 saturated heterocycles. The highest BCUT2D eigenvalue weighted by Crippen LogP contribution is 2.34. The molecule has 0 spiro atoms. The Balaban J connectivity index is 1.92. The van der Waals surface area contributed by atoms with E-state index in [4.69, 9.17) is 15.2 Å². The van der Waals surface area contributed by atoms with Crippen LogP contribution in [0.15, 0.2) is 47.6 Å². The molecule has 0 saturated carbocycles. The van der Waals surface area contributed by atoms with Crippen molar-refractivity contribution >= 4 is 28.8 Å². The lowest BCUT2D eigenvalue weighted by atomic mass is 9.98. The summed E-state index contributed by atoms with van der Waals surface area (Å²) in [4.78, 5) is 26.8. The topological polar surface area (TPSA) is 109 Å². The van der Waals surface area contributed by atoms with Crippen LogP contribution in [0.25, 0.3) is 22.0 Å². The normalized spacial score (nSPS) is 12.9. The summed E-state index contributed by atoms with van der Waals surface area (Å²) < 4.78 is 12.7. The minimum absolute atomic E-state index is 0.193. The molecule has 0 amide bonds. The zero-order valence-corrected chi connectivity index (χ0v) is 19.9.